The first-order valence-electron chi connectivity index (χ1n) is 7.59. The molecule has 5 heteroatoms. The zero-order valence-corrected chi connectivity index (χ0v) is 14.2. The van der Waals surface area contributed by atoms with E-state index in [1.54, 1.807) is 11.3 Å². The molecule has 1 saturated carbocycles. The number of rotatable bonds is 6. The van der Waals surface area contributed by atoms with Crippen LogP contribution in [0.1, 0.15) is 39.0 Å². The Kier molecular flexibility index (Phi) is 4.76. The summed E-state index contributed by atoms with van der Waals surface area (Å²) in [6, 6.07) is 4.06. The first kappa shape index (κ1) is 16.5. The van der Waals surface area contributed by atoms with Crippen LogP contribution in [0.25, 0.3) is 0 Å². The van der Waals surface area contributed by atoms with Gasteiger partial charge in [0, 0.05) is 29.9 Å². The average Bonchev–Trinajstić information content (AvgIpc) is 2.96. The lowest BCUT2D eigenvalue weighted by atomic mass is 9.54. The molecule has 1 heterocycles. The standard InChI is InChI=1S/C16H26N2O2S/c1-5-18(11-12-8-7-9-21-12)14(19)16(17)10-13(20-6-2)15(16,3)4/h7-9,13H,5-6,10-11,17H2,1-4H3. The van der Waals surface area contributed by atoms with Gasteiger partial charge in [0.1, 0.15) is 5.54 Å². The summed E-state index contributed by atoms with van der Waals surface area (Å²) in [6.45, 7) is 10.0. The molecule has 0 spiro atoms. The third-order valence-corrected chi connectivity index (χ3v) is 5.67. The van der Waals surface area contributed by atoms with Crippen molar-refractivity contribution in [3.8, 4) is 0 Å². The molecule has 21 heavy (non-hydrogen) atoms. The van der Waals surface area contributed by atoms with Gasteiger partial charge in [-0.3, -0.25) is 4.79 Å². The van der Waals surface area contributed by atoms with Gasteiger partial charge in [-0.2, -0.15) is 0 Å². The van der Waals surface area contributed by atoms with E-state index in [1.807, 2.05) is 44.0 Å². The smallest absolute Gasteiger partial charge is 0.243 e. The summed E-state index contributed by atoms with van der Waals surface area (Å²) in [4.78, 5) is 16.0. The largest absolute Gasteiger partial charge is 0.378 e. The minimum absolute atomic E-state index is 0.0411. The second-order valence-electron chi connectivity index (χ2n) is 6.24. The van der Waals surface area contributed by atoms with Crippen molar-refractivity contribution in [2.45, 2.75) is 52.3 Å². The van der Waals surface area contributed by atoms with E-state index < -0.39 is 5.54 Å². The predicted octanol–water partition coefficient (Wildman–Crippen LogP) is 2.63. The summed E-state index contributed by atoms with van der Waals surface area (Å²) in [7, 11) is 0. The lowest BCUT2D eigenvalue weighted by molar-refractivity contribution is -0.179. The molecule has 1 amide bonds. The minimum atomic E-state index is -0.819. The SMILES string of the molecule is CCOC1CC(N)(C(=O)N(CC)Cc2cccs2)C1(C)C. The third kappa shape index (κ3) is 2.74. The van der Waals surface area contributed by atoms with Gasteiger partial charge >= 0.3 is 0 Å². The van der Waals surface area contributed by atoms with E-state index in [0.717, 1.165) is 0 Å². The number of carbonyl (C=O) groups excluding carboxylic acids is 1. The zero-order chi connectivity index (χ0) is 15.7. The molecule has 4 nitrogen and oxygen atoms in total. The molecular weight excluding hydrogens is 284 g/mol. The van der Waals surface area contributed by atoms with Gasteiger partial charge < -0.3 is 15.4 Å². The van der Waals surface area contributed by atoms with Gasteiger partial charge in [-0.05, 0) is 25.3 Å². The molecule has 1 aliphatic rings. The number of nitrogens with two attached hydrogens (primary N) is 1. The van der Waals surface area contributed by atoms with E-state index in [0.29, 0.717) is 26.1 Å². The van der Waals surface area contributed by atoms with Gasteiger partial charge in [-0.15, -0.1) is 11.3 Å². The Labute approximate surface area is 131 Å². The Bertz CT molecular complexity index is 486. The second kappa shape index (κ2) is 6.07. The summed E-state index contributed by atoms with van der Waals surface area (Å²) >= 11 is 1.67. The molecule has 0 aliphatic heterocycles. The van der Waals surface area contributed by atoms with Crippen LogP contribution in [0.4, 0.5) is 0 Å². The van der Waals surface area contributed by atoms with Crippen molar-refractivity contribution in [2.24, 2.45) is 11.1 Å². The maximum atomic E-state index is 12.9. The van der Waals surface area contributed by atoms with Crippen molar-refractivity contribution >= 4 is 17.2 Å². The lowest BCUT2D eigenvalue weighted by Crippen LogP contribution is -2.76. The molecule has 0 bridgehead atoms. The molecule has 1 aromatic heterocycles. The molecule has 1 fully saturated rings. The summed E-state index contributed by atoms with van der Waals surface area (Å²) in [5.41, 5.74) is 5.33. The highest BCUT2D eigenvalue weighted by Gasteiger charge is 2.63. The van der Waals surface area contributed by atoms with Crippen molar-refractivity contribution in [3.05, 3.63) is 22.4 Å². The Morgan fingerprint density at radius 3 is 2.71 bits per heavy atom. The van der Waals surface area contributed by atoms with Crippen molar-refractivity contribution in [2.75, 3.05) is 13.2 Å². The highest BCUT2D eigenvalue weighted by molar-refractivity contribution is 7.09. The van der Waals surface area contributed by atoms with Crippen LogP contribution in [0, 0.1) is 5.41 Å². The number of carbonyl (C=O) groups is 1. The van der Waals surface area contributed by atoms with Crippen LogP contribution in [-0.4, -0.2) is 35.6 Å². The van der Waals surface area contributed by atoms with Gasteiger partial charge in [0.25, 0.3) is 0 Å². The van der Waals surface area contributed by atoms with Gasteiger partial charge in [-0.25, -0.2) is 0 Å². The van der Waals surface area contributed by atoms with Crippen molar-refractivity contribution in [3.63, 3.8) is 0 Å². The van der Waals surface area contributed by atoms with Gasteiger partial charge in [-0.1, -0.05) is 19.9 Å². The van der Waals surface area contributed by atoms with Crippen LogP contribution >= 0.6 is 11.3 Å². The molecule has 2 rings (SSSR count). The summed E-state index contributed by atoms with van der Waals surface area (Å²) in [5.74, 6) is 0.0411. The monoisotopic (exact) mass is 310 g/mol. The topological polar surface area (TPSA) is 55.6 Å². The quantitative estimate of drug-likeness (QED) is 0.879. The van der Waals surface area contributed by atoms with Gasteiger partial charge in [0.05, 0.1) is 12.6 Å². The molecule has 1 aromatic rings. The molecular formula is C16H26N2O2S. The van der Waals surface area contributed by atoms with E-state index >= 15 is 0 Å². The molecule has 0 saturated heterocycles. The minimum Gasteiger partial charge on any atom is -0.378 e. The third-order valence-electron chi connectivity index (χ3n) is 4.81. The number of ether oxygens (including phenoxy) is 1. The zero-order valence-electron chi connectivity index (χ0n) is 13.4. The molecule has 1 aliphatic carbocycles. The Morgan fingerprint density at radius 1 is 1.52 bits per heavy atom. The summed E-state index contributed by atoms with van der Waals surface area (Å²) in [5, 5.41) is 2.03. The fourth-order valence-electron chi connectivity index (χ4n) is 3.00. The van der Waals surface area contributed by atoms with Gasteiger partial charge in [0.2, 0.25) is 5.91 Å². The van der Waals surface area contributed by atoms with E-state index in [-0.39, 0.29) is 17.4 Å². The second-order valence-corrected chi connectivity index (χ2v) is 7.27. The Hall–Kier alpha value is -0.910. The van der Waals surface area contributed by atoms with Crippen LogP contribution < -0.4 is 5.73 Å². The van der Waals surface area contributed by atoms with Crippen molar-refractivity contribution in [1.82, 2.24) is 4.90 Å². The number of likely N-dealkylation sites (N-methyl/N-ethyl adjacent to an activating group) is 1. The van der Waals surface area contributed by atoms with Crippen molar-refractivity contribution < 1.29 is 9.53 Å². The highest BCUT2D eigenvalue weighted by Crippen LogP contribution is 2.50. The Balaban J connectivity index is 2.11. The first-order chi connectivity index (χ1) is 9.86. The van der Waals surface area contributed by atoms with E-state index in [2.05, 4.69) is 6.07 Å². The van der Waals surface area contributed by atoms with Crippen LogP contribution in [-0.2, 0) is 16.1 Å². The molecule has 0 aromatic carbocycles. The molecule has 118 valence electrons. The van der Waals surface area contributed by atoms with Crippen molar-refractivity contribution in [1.29, 1.82) is 0 Å². The fourth-order valence-corrected chi connectivity index (χ4v) is 3.72. The summed E-state index contributed by atoms with van der Waals surface area (Å²) < 4.78 is 5.71. The fraction of sp³-hybridized carbons (Fsp3) is 0.688. The van der Waals surface area contributed by atoms with Crippen LogP contribution in [0.15, 0.2) is 17.5 Å². The molecule has 2 N–H and O–H groups in total. The van der Waals surface area contributed by atoms with E-state index in [9.17, 15) is 4.79 Å². The lowest BCUT2D eigenvalue weighted by Gasteiger charge is -2.58. The predicted molar refractivity (Wildman–Crippen MR) is 86.1 cm³/mol. The number of amides is 1. The van der Waals surface area contributed by atoms with Crippen LogP contribution in [0.5, 0.6) is 0 Å². The average molecular weight is 310 g/mol. The highest BCUT2D eigenvalue weighted by atomic mass is 32.1. The Morgan fingerprint density at radius 2 is 2.24 bits per heavy atom. The van der Waals surface area contributed by atoms with E-state index in [4.69, 9.17) is 10.5 Å². The number of nitrogens with zero attached hydrogens (tertiary/aromatic N) is 1. The van der Waals surface area contributed by atoms with E-state index in [1.165, 1.54) is 4.88 Å². The molecule has 2 unspecified atom stereocenters. The van der Waals surface area contributed by atoms with Crippen LogP contribution in [0.3, 0.4) is 0 Å². The van der Waals surface area contributed by atoms with Crippen LogP contribution in [0.2, 0.25) is 0 Å². The maximum Gasteiger partial charge on any atom is 0.243 e. The normalized spacial score (nSPS) is 27.2. The van der Waals surface area contributed by atoms with Gasteiger partial charge in [0.15, 0.2) is 0 Å². The molecule has 0 radical (unpaired) electrons. The maximum absolute atomic E-state index is 12.9. The number of thiophene rings is 1. The summed E-state index contributed by atoms with van der Waals surface area (Å²) in [6.07, 6.45) is 0.671. The molecule has 2 atom stereocenters. The number of hydrogen-bond acceptors (Lipinski definition) is 4. The number of hydrogen-bond donors (Lipinski definition) is 1. The first-order valence-corrected chi connectivity index (χ1v) is 8.47.